The van der Waals surface area contributed by atoms with Gasteiger partial charge in [-0.15, -0.1) is 11.3 Å². The van der Waals surface area contributed by atoms with E-state index in [4.69, 9.17) is 5.26 Å². The highest BCUT2D eigenvalue weighted by atomic mass is 79.9. The van der Waals surface area contributed by atoms with Crippen LogP contribution in [-0.4, -0.2) is 4.98 Å². The summed E-state index contributed by atoms with van der Waals surface area (Å²) in [5, 5.41) is 14.4. The van der Waals surface area contributed by atoms with Gasteiger partial charge in [0.1, 0.15) is 11.9 Å². The van der Waals surface area contributed by atoms with Crippen molar-refractivity contribution in [2.45, 2.75) is 20.4 Å². The highest BCUT2D eigenvalue weighted by molar-refractivity contribution is 9.10. The summed E-state index contributed by atoms with van der Waals surface area (Å²) in [4.78, 5) is 5.59. The molecule has 2 heterocycles. The molecular formula is C13H12BrN3S. The van der Waals surface area contributed by atoms with Gasteiger partial charge in [0.25, 0.3) is 0 Å². The summed E-state index contributed by atoms with van der Waals surface area (Å²) >= 11 is 5.09. The van der Waals surface area contributed by atoms with E-state index in [2.05, 4.69) is 38.4 Å². The molecule has 0 aliphatic rings. The predicted octanol–water partition coefficient (Wildman–Crippen LogP) is 4.01. The lowest BCUT2D eigenvalue weighted by molar-refractivity contribution is 1.09. The Hall–Kier alpha value is -1.38. The molecule has 3 nitrogen and oxygen atoms in total. The molecule has 0 bridgehead atoms. The van der Waals surface area contributed by atoms with Crippen LogP contribution in [-0.2, 0) is 6.54 Å². The third-order valence-corrected chi connectivity index (χ3v) is 4.21. The normalized spacial score (nSPS) is 10.1. The average molecular weight is 322 g/mol. The van der Waals surface area contributed by atoms with Gasteiger partial charge >= 0.3 is 0 Å². The maximum absolute atomic E-state index is 9.16. The number of thiophene rings is 1. The van der Waals surface area contributed by atoms with Gasteiger partial charge in [-0.1, -0.05) is 0 Å². The van der Waals surface area contributed by atoms with Crippen molar-refractivity contribution in [3.8, 4) is 6.07 Å². The fourth-order valence-corrected chi connectivity index (χ4v) is 3.11. The lowest BCUT2D eigenvalue weighted by Gasteiger charge is -2.09. The molecule has 0 aromatic carbocycles. The molecule has 0 saturated heterocycles. The Morgan fingerprint density at radius 3 is 2.83 bits per heavy atom. The Balaban J connectivity index is 2.21. The van der Waals surface area contributed by atoms with Crippen LogP contribution >= 0.6 is 27.3 Å². The molecule has 0 atom stereocenters. The number of nitriles is 1. The summed E-state index contributed by atoms with van der Waals surface area (Å²) < 4.78 is 1.08. The fourth-order valence-electron chi connectivity index (χ4n) is 1.72. The van der Waals surface area contributed by atoms with Gasteiger partial charge in [-0.2, -0.15) is 5.26 Å². The molecule has 0 aliphatic heterocycles. The number of aryl methyl sites for hydroxylation is 2. The maximum Gasteiger partial charge on any atom is 0.144 e. The van der Waals surface area contributed by atoms with Crippen LogP contribution in [0.4, 0.5) is 5.82 Å². The number of nitrogens with zero attached hydrogens (tertiary/aromatic N) is 2. The van der Waals surface area contributed by atoms with Gasteiger partial charge in [-0.05, 0) is 47.5 Å². The van der Waals surface area contributed by atoms with E-state index in [0.717, 1.165) is 15.7 Å². The molecule has 2 aromatic rings. The summed E-state index contributed by atoms with van der Waals surface area (Å²) in [5.74, 6) is 0.666. The van der Waals surface area contributed by atoms with E-state index in [9.17, 15) is 0 Å². The van der Waals surface area contributed by atoms with E-state index in [-0.39, 0.29) is 0 Å². The van der Waals surface area contributed by atoms with Gasteiger partial charge in [0.05, 0.1) is 12.1 Å². The quantitative estimate of drug-likeness (QED) is 0.929. The van der Waals surface area contributed by atoms with Crippen molar-refractivity contribution < 1.29 is 0 Å². The van der Waals surface area contributed by atoms with Gasteiger partial charge in [0.2, 0.25) is 0 Å². The summed E-state index contributed by atoms with van der Waals surface area (Å²) in [6, 6.07) is 6.19. The third-order valence-electron chi connectivity index (χ3n) is 2.51. The Morgan fingerprint density at radius 1 is 1.44 bits per heavy atom. The van der Waals surface area contributed by atoms with Crippen LogP contribution in [0.5, 0.6) is 0 Å². The maximum atomic E-state index is 9.16. The van der Waals surface area contributed by atoms with Crippen molar-refractivity contribution >= 4 is 33.1 Å². The van der Waals surface area contributed by atoms with Crippen molar-refractivity contribution in [3.63, 3.8) is 0 Å². The molecule has 0 amide bonds. The minimum Gasteiger partial charge on any atom is -0.364 e. The lowest BCUT2D eigenvalue weighted by atomic mass is 10.1. The number of hydrogen-bond acceptors (Lipinski definition) is 4. The first-order valence-electron chi connectivity index (χ1n) is 5.45. The number of aromatic nitrogens is 1. The molecular weight excluding hydrogens is 310 g/mol. The topological polar surface area (TPSA) is 48.7 Å². The molecule has 18 heavy (non-hydrogen) atoms. The van der Waals surface area contributed by atoms with E-state index < -0.39 is 0 Å². The van der Waals surface area contributed by atoms with Crippen molar-refractivity contribution in [2.24, 2.45) is 0 Å². The van der Waals surface area contributed by atoms with Crippen molar-refractivity contribution in [3.05, 3.63) is 43.7 Å². The Morgan fingerprint density at radius 2 is 2.22 bits per heavy atom. The van der Waals surface area contributed by atoms with E-state index in [1.807, 2.05) is 25.3 Å². The van der Waals surface area contributed by atoms with Crippen LogP contribution in [0, 0.1) is 25.2 Å². The zero-order chi connectivity index (χ0) is 13.1. The number of nitrogens with one attached hydrogen (secondary N) is 1. The first kappa shape index (κ1) is 13.1. The number of anilines is 1. The summed E-state index contributed by atoms with van der Waals surface area (Å²) in [7, 11) is 0. The summed E-state index contributed by atoms with van der Waals surface area (Å²) in [5.41, 5.74) is 2.50. The largest absolute Gasteiger partial charge is 0.364 e. The molecule has 2 aromatic heterocycles. The van der Waals surface area contributed by atoms with E-state index in [1.54, 1.807) is 11.3 Å². The second-order valence-corrected chi connectivity index (χ2v) is 5.91. The van der Waals surface area contributed by atoms with E-state index in [0.29, 0.717) is 17.9 Å². The van der Waals surface area contributed by atoms with Crippen LogP contribution < -0.4 is 5.32 Å². The van der Waals surface area contributed by atoms with Crippen LogP contribution in [0.1, 0.15) is 21.7 Å². The molecule has 92 valence electrons. The zero-order valence-corrected chi connectivity index (χ0v) is 12.5. The van der Waals surface area contributed by atoms with E-state index in [1.165, 1.54) is 4.88 Å². The van der Waals surface area contributed by atoms with Crippen molar-refractivity contribution in [2.75, 3.05) is 5.32 Å². The molecule has 0 fully saturated rings. The molecule has 5 heteroatoms. The molecule has 0 unspecified atom stereocenters. The highest BCUT2D eigenvalue weighted by Gasteiger charge is 2.08. The molecule has 1 N–H and O–H groups in total. The van der Waals surface area contributed by atoms with Gasteiger partial charge < -0.3 is 5.32 Å². The number of rotatable bonds is 3. The van der Waals surface area contributed by atoms with E-state index >= 15 is 0 Å². The van der Waals surface area contributed by atoms with Gasteiger partial charge in [-0.25, -0.2) is 4.98 Å². The Bertz CT molecular complexity index is 613. The number of halogens is 1. The highest BCUT2D eigenvalue weighted by Crippen LogP contribution is 2.22. The first-order chi connectivity index (χ1) is 8.60. The molecule has 0 aliphatic carbocycles. The minimum atomic E-state index is 0.622. The SMILES string of the molecule is Cc1cc(C)c(C#N)c(NCc2cc(Br)cs2)n1. The second kappa shape index (κ2) is 5.51. The molecule has 2 rings (SSSR count). The first-order valence-corrected chi connectivity index (χ1v) is 7.12. The zero-order valence-electron chi connectivity index (χ0n) is 10.1. The van der Waals surface area contributed by atoms with Crippen LogP contribution in [0.15, 0.2) is 22.0 Å². The van der Waals surface area contributed by atoms with Gasteiger partial charge in [-0.3, -0.25) is 0 Å². The number of pyridine rings is 1. The fraction of sp³-hybridized carbons (Fsp3) is 0.231. The minimum absolute atomic E-state index is 0.622. The summed E-state index contributed by atoms with van der Waals surface area (Å²) in [6.07, 6.45) is 0. The third kappa shape index (κ3) is 2.89. The predicted molar refractivity (Wildman–Crippen MR) is 77.8 cm³/mol. The lowest BCUT2D eigenvalue weighted by Crippen LogP contribution is -2.04. The van der Waals surface area contributed by atoms with Crippen molar-refractivity contribution in [1.29, 1.82) is 5.26 Å². The Kier molecular flexibility index (Phi) is 4.00. The smallest absolute Gasteiger partial charge is 0.144 e. The van der Waals surface area contributed by atoms with Crippen LogP contribution in [0.25, 0.3) is 0 Å². The Labute approximate surface area is 119 Å². The van der Waals surface area contributed by atoms with Gasteiger partial charge in [0.15, 0.2) is 0 Å². The molecule has 0 radical (unpaired) electrons. The van der Waals surface area contributed by atoms with Crippen LogP contribution in [0.3, 0.4) is 0 Å². The monoisotopic (exact) mass is 321 g/mol. The van der Waals surface area contributed by atoms with Crippen molar-refractivity contribution in [1.82, 2.24) is 4.98 Å². The second-order valence-electron chi connectivity index (χ2n) is 4.00. The average Bonchev–Trinajstić information content (AvgIpc) is 2.72. The summed E-state index contributed by atoms with van der Waals surface area (Å²) in [6.45, 7) is 4.54. The van der Waals surface area contributed by atoms with Crippen LogP contribution in [0.2, 0.25) is 0 Å². The molecule has 0 saturated carbocycles. The number of hydrogen-bond donors (Lipinski definition) is 1. The standard InChI is InChI=1S/C13H12BrN3S/c1-8-3-9(2)17-13(12(8)5-15)16-6-11-4-10(14)7-18-11/h3-4,7H,6H2,1-2H3,(H,16,17). The van der Waals surface area contributed by atoms with Gasteiger partial charge in [0, 0.05) is 20.4 Å². The molecule has 0 spiro atoms.